The van der Waals surface area contributed by atoms with Gasteiger partial charge in [-0.2, -0.15) is 5.26 Å². The van der Waals surface area contributed by atoms with Gasteiger partial charge in [0, 0.05) is 53.9 Å². The third-order valence-electron chi connectivity index (χ3n) is 3.37. The molecule has 7 nitrogen and oxygen atoms in total. The average Bonchev–Trinajstić information content (AvgIpc) is 2.44. The van der Waals surface area contributed by atoms with Gasteiger partial charge >= 0.3 is 6.03 Å². The minimum atomic E-state index is 0.0158. The molecule has 0 spiro atoms. The highest BCUT2D eigenvalue weighted by Gasteiger charge is 2.23. The van der Waals surface area contributed by atoms with Crippen LogP contribution < -0.4 is 0 Å². The van der Waals surface area contributed by atoms with Crippen LogP contribution >= 0.6 is 0 Å². The third-order valence-corrected chi connectivity index (χ3v) is 3.37. The molecule has 112 valence electrons. The van der Waals surface area contributed by atoms with Crippen molar-refractivity contribution < 1.29 is 9.59 Å². The maximum absolute atomic E-state index is 11.9. The van der Waals surface area contributed by atoms with Crippen LogP contribution in [0.15, 0.2) is 0 Å². The molecule has 0 aromatic rings. The van der Waals surface area contributed by atoms with Crippen LogP contribution in [0.1, 0.15) is 6.42 Å². The van der Waals surface area contributed by atoms with Crippen molar-refractivity contribution in [3.63, 3.8) is 0 Å². The summed E-state index contributed by atoms with van der Waals surface area (Å²) in [6, 6.07) is 2.05. The Morgan fingerprint density at radius 1 is 1.15 bits per heavy atom. The van der Waals surface area contributed by atoms with E-state index in [4.69, 9.17) is 5.26 Å². The Hall–Kier alpha value is -1.81. The first-order valence-corrected chi connectivity index (χ1v) is 6.75. The molecule has 7 heteroatoms. The van der Waals surface area contributed by atoms with Crippen molar-refractivity contribution in [2.75, 3.05) is 60.4 Å². The highest BCUT2D eigenvalue weighted by Crippen LogP contribution is 2.04. The highest BCUT2D eigenvalue weighted by atomic mass is 16.2. The van der Waals surface area contributed by atoms with Crippen LogP contribution in [0, 0.1) is 11.3 Å². The van der Waals surface area contributed by atoms with Crippen molar-refractivity contribution in [2.24, 2.45) is 0 Å². The summed E-state index contributed by atoms with van der Waals surface area (Å²) >= 11 is 0. The fourth-order valence-corrected chi connectivity index (χ4v) is 2.03. The third kappa shape index (κ3) is 4.70. The number of nitriles is 1. The Bertz CT molecular complexity index is 383. The first kappa shape index (κ1) is 16.2. The topological polar surface area (TPSA) is 70.9 Å². The molecule has 1 aliphatic rings. The Kier molecular flexibility index (Phi) is 6.25. The number of nitrogens with zero attached hydrogens (tertiary/aromatic N) is 5. The van der Waals surface area contributed by atoms with E-state index in [1.54, 1.807) is 35.8 Å². The summed E-state index contributed by atoms with van der Waals surface area (Å²) in [7, 11) is 5.19. The zero-order chi connectivity index (χ0) is 15.1. The van der Waals surface area contributed by atoms with E-state index in [1.807, 2.05) is 11.0 Å². The van der Waals surface area contributed by atoms with Crippen LogP contribution in [0.3, 0.4) is 0 Å². The van der Waals surface area contributed by atoms with Gasteiger partial charge in [0.25, 0.3) is 0 Å². The van der Waals surface area contributed by atoms with Crippen LogP contribution in [0.2, 0.25) is 0 Å². The van der Waals surface area contributed by atoms with Crippen molar-refractivity contribution in [1.82, 2.24) is 19.6 Å². The molecule has 1 saturated heterocycles. The molecule has 3 amide bonds. The van der Waals surface area contributed by atoms with E-state index in [9.17, 15) is 9.59 Å². The van der Waals surface area contributed by atoms with E-state index in [1.165, 1.54) is 0 Å². The van der Waals surface area contributed by atoms with Gasteiger partial charge in [-0.1, -0.05) is 0 Å². The second kappa shape index (κ2) is 7.70. The summed E-state index contributed by atoms with van der Waals surface area (Å²) in [4.78, 5) is 30.7. The second-order valence-electron chi connectivity index (χ2n) is 5.16. The van der Waals surface area contributed by atoms with E-state index in [-0.39, 0.29) is 11.9 Å². The largest absolute Gasteiger partial charge is 0.344 e. The molecule has 0 N–H and O–H groups in total. The maximum Gasteiger partial charge on any atom is 0.319 e. The molecule has 0 radical (unpaired) electrons. The summed E-state index contributed by atoms with van der Waals surface area (Å²) in [5, 5.41) is 8.50. The quantitative estimate of drug-likeness (QED) is 0.706. The molecule has 0 aromatic carbocycles. The van der Waals surface area contributed by atoms with E-state index >= 15 is 0 Å². The van der Waals surface area contributed by atoms with Crippen LogP contribution in [-0.2, 0) is 4.79 Å². The van der Waals surface area contributed by atoms with E-state index in [2.05, 4.69) is 0 Å². The van der Waals surface area contributed by atoms with Gasteiger partial charge in [0.15, 0.2) is 0 Å². The number of amides is 3. The summed E-state index contributed by atoms with van der Waals surface area (Å²) in [6.45, 7) is 3.52. The lowest BCUT2D eigenvalue weighted by Crippen LogP contribution is -2.53. The predicted octanol–water partition coefficient (Wildman–Crippen LogP) is -0.342. The zero-order valence-electron chi connectivity index (χ0n) is 12.5. The molecular formula is C13H23N5O2. The highest BCUT2D eigenvalue weighted by molar-refractivity contribution is 5.78. The van der Waals surface area contributed by atoms with Gasteiger partial charge in [0.2, 0.25) is 5.91 Å². The number of rotatable bonds is 4. The van der Waals surface area contributed by atoms with Gasteiger partial charge in [-0.25, -0.2) is 4.79 Å². The molecule has 1 rings (SSSR count). The summed E-state index contributed by atoms with van der Waals surface area (Å²) in [5.41, 5.74) is 0. The van der Waals surface area contributed by atoms with E-state index in [0.717, 1.165) is 0 Å². The Labute approximate surface area is 120 Å². The van der Waals surface area contributed by atoms with Crippen molar-refractivity contribution in [3.05, 3.63) is 0 Å². The van der Waals surface area contributed by atoms with Gasteiger partial charge in [-0.15, -0.1) is 0 Å². The van der Waals surface area contributed by atoms with Gasteiger partial charge in [-0.3, -0.25) is 9.69 Å². The molecule has 0 unspecified atom stereocenters. The number of hydrogen-bond acceptors (Lipinski definition) is 4. The molecular weight excluding hydrogens is 258 g/mol. The maximum atomic E-state index is 11.9. The van der Waals surface area contributed by atoms with Crippen molar-refractivity contribution in [1.29, 1.82) is 5.26 Å². The fourth-order valence-electron chi connectivity index (χ4n) is 2.03. The Morgan fingerprint density at radius 2 is 1.75 bits per heavy atom. The zero-order valence-corrected chi connectivity index (χ0v) is 12.5. The smallest absolute Gasteiger partial charge is 0.319 e. The minimum Gasteiger partial charge on any atom is -0.344 e. The SMILES string of the molecule is CN(C)C(=O)N1CCN(CC(=O)N(C)CCC#N)CC1. The van der Waals surface area contributed by atoms with Crippen molar-refractivity contribution in [2.45, 2.75) is 6.42 Å². The number of carbonyl (C=O) groups excluding carboxylic acids is 2. The molecule has 0 atom stereocenters. The lowest BCUT2D eigenvalue weighted by Gasteiger charge is -2.36. The van der Waals surface area contributed by atoms with Gasteiger partial charge in [-0.05, 0) is 0 Å². The number of carbonyl (C=O) groups is 2. The minimum absolute atomic E-state index is 0.0158. The first-order valence-electron chi connectivity index (χ1n) is 6.75. The summed E-state index contributed by atoms with van der Waals surface area (Å²) in [5.74, 6) is 0.0210. The molecule has 0 aliphatic carbocycles. The van der Waals surface area contributed by atoms with Gasteiger partial charge < -0.3 is 14.7 Å². The molecule has 1 fully saturated rings. The molecule has 1 aliphatic heterocycles. The van der Waals surface area contributed by atoms with Crippen molar-refractivity contribution >= 4 is 11.9 Å². The summed E-state index contributed by atoms with van der Waals surface area (Å²) < 4.78 is 0. The van der Waals surface area contributed by atoms with Gasteiger partial charge in [0.1, 0.15) is 0 Å². The Balaban J connectivity index is 2.34. The number of piperazine rings is 1. The lowest BCUT2D eigenvalue weighted by atomic mass is 10.3. The van der Waals surface area contributed by atoms with Gasteiger partial charge in [0.05, 0.1) is 19.0 Å². The van der Waals surface area contributed by atoms with Crippen LogP contribution in [0.5, 0.6) is 0 Å². The first-order chi connectivity index (χ1) is 9.45. The standard InChI is InChI=1S/C13H23N5O2/c1-15(2)13(20)18-9-7-17(8-10-18)11-12(19)16(3)6-4-5-14/h4,6-11H2,1-3H3. The monoisotopic (exact) mass is 281 g/mol. The number of hydrogen-bond donors (Lipinski definition) is 0. The number of likely N-dealkylation sites (N-methyl/N-ethyl adjacent to an activating group) is 1. The molecule has 0 saturated carbocycles. The molecule has 0 bridgehead atoms. The number of urea groups is 1. The van der Waals surface area contributed by atoms with Crippen LogP contribution in [0.25, 0.3) is 0 Å². The Morgan fingerprint density at radius 3 is 2.25 bits per heavy atom. The lowest BCUT2D eigenvalue weighted by molar-refractivity contribution is -0.131. The van der Waals surface area contributed by atoms with Crippen molar-refractivity contribution in [3.8, 4) is 6.07 Å². The van der Waals surface area contributed by atoms with E-state index < -0.39 is 0 Å². The second-order valence-corrected chi connectivity index (χ2v) is 5.16. The molecule has 1 heterocycles. The predicted molar refractivity (Wildman–Crippen MR) is 75.0 cm³/mol. The molecule has 0 aromatic heterocycles. The average molecular weight is 281 g/mol. The van der Waals surface area contributed by atoms with E-state index in [0.29, 0.717) is 45.7 Å². The summed E-state index contributed by atoms with van der Waals surface area (Å²) in [6.07, 6.45) is 0.355. The van der Waals surface area contributed by atoms with Crippen LogP contribution in [0.4, 0.5) is 4.79 Å². The normalized spacial score (nSPS) is 15.6. The molecule has 20 heavy (non-hydrogen) atoms. The van der Waals surface area contributed by atoms with Crippen LogP contribution in [-0.4, -0.2) is 91.9 Å². The fraction of sp³-hybridized carbons (Fsp3) is 0.769.